The van der Waals surface area contributed by atoms with Gasteiger partial charge in [-0.15, -0.1) is 0 Å². The second kappa shape index (κ2) is 6.62. The summed E-state index contributed by atoms with van der Waals surface area (Å²) in [6.07, 6.45) is -0.847. The zero-order valence-electron chi connectivity index (χ0n) is 13.7. The number of nitrogens with one attached hydrogen (secondary N) is 1. The topological polar surface area (TPSA) is 92.8 Å². The van der Waals surface area contributed by atoms with Crippen molar-refractivity contribution in [1.82, 2.24) is 5.32 Å². The van der Waals surface area contributed by atoms with E-state index in [1.807, 2.05) is 0 Å². The lowest BCUT2D eigenvalue weighted by Gasteiger charge is -2.23. The van der Waals surface area contributed by atoms with E-state index < -0.39 is 33.8 Å². The molecule has 1 aromatic rings. The zero-order valence-corrected chi connectivity index (χ0v) is 14.5. The molecule has 0 bridgehead atoms. The van der Waals surface area contributed by atoms with Crippen LogP contribution in [-0.4, -0.2) is 51.6 Å². The number of amides is 2. The summed E-state index contributed by atoms with van der Waals surface area (Å²) >= 11 is 0. The quantitative estimate of drug-likeness (QED) is 0.863. The molecule has 0 aliphatic carbocycles. The average Bonchev–Trinajstić information content (AvgIpc) is 2.96. The number of hydrogen-bond acceptors (Lipinski definition) is 5. The summed E-state index contributed by atoms with van der Waals surface area (Å²) in [5.74, 6) is -0.938. The second-order valence-corrected chi connectivity index (χ2v) is 8.53. The van der Waals surface area contributed by atoms with Crippen molar-refractivity contribution in [3.63, 3.8) is 0 Å². The minimum Gasteiger partial charge on any atom is -0.434 e. The first kappa shape index (κ1) is 17.7. The summed E-state index contributed by atoms with van der Waals surface area (Å²) in [6.45, 7) is 0.0129. The highest BCUT2D eigenvalue weighted by Crippen LogP contribution is 2.33. The number of ether oxygens (including phenoxy) is 1. The second-order valence-electron chi connectivity index (χ2n) is 6.23. The summed E-state index contributed by atoms with van der Waals surface area (Å²) < 4.78 is 42.5. The Morgan fingerprint density at radius 1 is 1.32 bits per heavy atom. The van der Waals surface area contributed by atoms with Crippen molar-refractivity contribution in [3.05, 3.63) is 29.6 Å². The normalized spacial score (nSPS) is 23.4. The molecule has 1 N–H and O–H groups in total. The van der Waals surface area contributed by atoms with Crippen LogP contribution in [0.1, 0.15) is 24.3 Å². The zero-order chi connectivity index (χ0) is 18.2. The van der Waals surface area contributed by atoms with Gasteiger partial charge < -0.3 is 10.1 Å². The van der Waals surface area contributed by atoms with Crippen LogP contribution in [0.2, 0.25) is 0 Å². The molecule has 136 valence electrons. The van der Waals surface area contributed by atoms with Gasteiger partial charge in [0, 0.05) is 7.05 Å². The van der Waals surface area contributed by atoms with E-state index in [1.54, 1.807) is 12.1 Å². The third-order valence-electron chi connectivity index (χ3n) is 4.64. The SMILES string of the molecule is CNC(=O)[C@H]1CN(c2ccc(C3CCS(=O)(=O)CC3)c(F)c2)C(=O)O1. The maximum Gasteiger partial charge on any atom is 0.415 e. The summed E-state index contributed by atoms with van der Waals surface area (Å²) in [4.78, 5) is 24.7. The Balaban J connectivity index is 1.76. The summed E-state index contributed by atoms with van der Waals surface area (Å²) in [6, 6.07) is 4.40. The van der Waals surface area contributed by atoms with Crippen LogP contribution >= 0.6 is 0 Å². The number of sulfone groups is 1. The van der Waals surface area contributed by atoms with Gasteiger partial charge in [-0.2, -0.15) is 0 Å². The number of nitrogens with zero attached hydrogens (tertiary/aromatic N) is 1. The first-order valence-electron chi connectivity index (χ1n) is 8.00. The van der Waals surface area contributed by atoms with Crippen LogP contribution in [-0.2, 0) is 19.4 Å². The predicted octanol–water partition coefficient (Wildman–Crippen LogP) is 1.19. The smallest absolute Gasteiger partial charge is 0.415 e. The van der Waals surface area contributed by atoms with E-state index in [1.165, 1.54) is 18.0 Å². The molecule has 0 aromatic heterocycles. The predicted molar refractivity (Wildman–Crippen MR) is 88.7 cm³/mol. The number of carbonyl (C=O) groups excluding carboxylic acids is 2. The lowest BCUT2D eigenvalue weighted by molar-refractivity contribution is -0.127. The highest BCUT2D eigenvalue weighted by molar-refractivity contribution is 7.91. The van der Waals surface area contributed by atoms with Gasteiger partial charge in [0.15, 0.2) is 6.10 Å². The fraction of sp³-hybridized carbons (Fsp3) is 0.500. The summed E-state index contributed by atoms with van der Waals surface area (Å²) in [5, 5.41) is 2.40. The number of benzene rings is 1. The number of cyclic esters (lactones) is 1. The molecule has 2 saturated heterocycles. The molecule has 2 aliphatic heterocycles. The standard InChI is InChI=1S/C16H19FN2O5S/c1-18-15(20)14-9-19(16(21)24-14)11-2-3-12(13(17)8-11)10-4-6-25(22,23)7-5-10/h2-3,8,10,14H,4-7,9H2,1H3,(H,18,20)/t14-/m1/s1. The Kier molecular flexibility index (Phi) is 4.68. The number of hydrogen-bond donors (Lipinski definition) is 1. The molecule has 2 aliphatic rings. The highest BCUT2D eigenvalue weighted by atomic mass is 32.2. The van der Waals surface area contributed by atoms with Crippen LogP contribution < -0.4 is 10.2 Å². The van der Waals surface area contributed by atoms with Crippen molar-refractivity contribution >= 4 is 27.5 Å². The van der Waals surface area contributed by atoms with Crippen molar-refractivity contribution in [1.29, 1.82) is 0 Å². The molecular formula is C16H19FN2O5S. The molecule has 2 fully saturated rings. The van der Waals surface area contributed by atoms with E-state index in [9.17, 15) is 22.4 Å². The van der Waals surface area contributed by atoms with Gasteiger partial charge in [-0.3, -0.25) is 9.69 Å². The van der Waals surface area contributed by atoms with Crippen molar-refractivity contribution in [2.24, 2.45) is 0 Å². The number of carbonyl (C=O) groups is 2. The van der Waals surface area contributed by atoms with Gasteiger partial charge in [0.1, 0.15) is 15.7 Å². The highest BCUT2D eigenvalue weighted by Gasteiger charge is 2.37. The van der Waals surface area contributed by atoms with Crippen LogP contribution in [0.15, 0.2) is 18.2 Å². The van der Waals surface area contributed by atoms with Gasteiger partial charge in [0.2, 0.25) is 0 Å². The molecule has 1 atom stereocenters. The lowest BCUT2D eigenvalue weighted by atomic mass is 9.93. The van der Waals surface area contributed by atoms with E-state index in [0.717, 1.165) is 0 Å². The van der Waals surface area contributed by atoms with Gasteiger partial charge >= 0.3 is 6.09 Å². The molecule has 0 radical (unpaired) electrons. The number of rotatable bonds is 3. The Morgan fingerprint density at radius 2 is 2.00 bits per heavy atom. The van der Waals surface area contributed by atoms with Crippen molar-refractivity contribution in [2.75, 3.05) is 30.0 Å². The largest absolute Gasteiger partial charge is 0.434 e. The Hall–Kier alpha value is -2.16. The van der Waals surface area contributed by atoms with Crippen molar-refractivity contribution in [3.8, 4) is 0 Å². The molecule has 2 heterocycles. The first-order chi connectivity index (χ1) is 11.8. The van der Waals surface area contributed by atoms with E-state index in [0.29, 0.717) is 24.1 Å². The fourth-order valence-corrected chi connectivity index (χ4v) is 4.68. The maximum absolute atomic E-state index is 14.5. The van der Waals surface area contributed by atoms with Crippen LogP contribution in [0.25, 0.3) is 0 Å². The van der Waals surface area contributed by atoms with Crippen LogP contribution in [0, 0.1) is 5.82 Å². The number of anilines is 1. The van der Waals surface area contributed by atoms with E-state index in [4.69, 9.17) is 4.74 Å². The van der Waals surface area contributed by atoms with Crippen LogP contribution in [0.3, 0.4) is 0 Å². The van der Waals surface area contributed by atoms with Crippen LogP contribution in [0.5, 0.6) is 0 Å². The molecule has 25 heavy (non-hydrogen) atoms. The van der Waals surface area contributed by atoms with Crippen molar-refractivity contribution < 1.29 is 27.1 Å². The molecule has 1 aromatic carbocycles. The van der Waals surface area contributed by atoms with E-state index in [-0.39, 0.29) is 24.0 Å². The van der Waals surface area contributed by atoms with Gasteiger partial charge in [-0.1, -0.05) is 6.07 Å². The third-order valence-corrected chi connectivity index (χ3v) is 6.36. The summed E-state index contributed by atoms with van der Waals surface area (Å²) in [7, 11) is -1.57. The van der Waals surface area contributed by atoms with Gasteiger partial charge in [0.05, 0.1) is 23.7 Å². The molecule has 7 nitrogen and oxygen atoms in total. The van der Waals surface area contributed by atoms with E-state index >= 15 is 0 Å². The van der Waals surface area contributed by atoms with Crippen molar-refractivity contribution in [2.45, 2.75) is 24.9 Å². The Bertz CT molecular complexity index is 797. The molecule has 0 spiro atoms. The Morgan fingerprint density at radius 3 is 2.60 bits per heavy atom. The third kappa shape index (κ3) is 3.60. The van der Waals surface area contributed by atoms with Gasteiger partial charge in [-0.05, 0) is 36.5 Å². The molecule has 0 saturated carbocycles. The Labute approximate surface area is 145 Å². The molecule has 2 amide bonds. The average molecular weight is 370 g/mol. The number of halogens is 1. The van der Waals surface area contributed by atoms with Gasteiger partial charge in [-0.25, -0.2) is 17.6 Å². The van der Waals surface area contributed by atoms with Crippen LogP contribution in [0.4, 0.5) is 14.9 Å². The molecular weight excluding hydrogens is 351 g/mol. The maximum atomic E-state index is 14.5. The first-order valence-corrected chi connectivity index (χ1v) is 9.82. The molecule has 0 unspecified atom stereocenters. The minimum absolute atomic E-state index is 0.0129. The van der Waals surface area contributed by atoms with E-state index in [2.05, 4.69) is 5.32 Å². The summed E-state index contributed by atoms with van der Waals surface area (Å²) in [5.41, 5.74) is 0.759. The minimum atomic E-state index is -3.01. The van der Waals surface area contributed by atoms with Gasteiger partial charge in [0.25, 0.3) is 5.91 Å². The molecule has 3 rings (SSSR count). The number of likely N-dealkylation sites (N-methyl/N-ethyl adjacent to an activating group) is 1. The lowest BCUT2D eigenvalue weighted by Crippen LogP contribution is -2.35. The molecule has 9 heteroatoms. The monoisotopic (exact) mass is 370 g/mol. The fourth-order valence-electron chi connectivity index (χ4n) is 3.19.